The van der Waals surface area contributed by atoms with Crippen molar-refractivity contribution in [2.75, 3.05) is 0 Å². The van der Waals surface area contributed by atoms with Gasteiger partial charge in [0.05, 0.1) is 6.10 Å². The van der Waals surface area contributed by atoms with Crippen LogP contribution in [0, 0.1) is 11.8 Å². The molecular formula is C14H20O3. The summed E-state index contributed by atoms with van der Waals surface area (Å²) in [6, 6.07) is 0. The molecule has 17 heavy (non-hydrogen) atoms. The first-order chi connectivity index (χ1) is 7.93. The summed E-state index contributed by atoms with van der Waals surface area (Å²) >= 11 is 0. The van der Waals surface area contributed by atoms with Crippen LogP contribution in [0.4, 0.5) is 0 Å². The Morgan fingerprint density at radius 2 is 2.12 bits per heavy atom. The van der Waals surface area contributed by atoms with E-state index in [1.165, 1.54) is 0 Å². The van der Waals surface area contributed by atoms with Crippen molar-refractivity contribution < 1.29 is 14.6 Å². The van der Waals surface area contributed by atoms with Gasteiger partial charge in [0.25, 0.3) is 0 Å². The van der Waals surface area contributed by atoms with Gasteiger partial charge < -0.3 is 9.84 Å². The maximum atomic E-state index is 11.6. The van der Waals surface area contributed by atoms with Crippen molar-refractivity contribution in [1.29, 1.82) is 0 Å². The Labute approximate surface area is 103 Å². The third-order valence-corrected chi connectivity index (χ3v) is 2.62. The molecule has 0 fully saturated rings. The van der Waals surface area contributed by atoms with E-state index in [9.17, 15) is 9.90 Å². The largest absolute Gasteiger partial charge is 0.490 e. The SMILES string of the molecule is CCCCC#CC1(O)C(=O)C(C)=C1OC(C)C. The number of hydrogen-bond donors (Lipinski definition) is 1. The van der Waals surface area contributed by atoms with Gasteiger partial charge in [0.15, 0.2) is 5.76 Å². The number of ether oxygens (including phenoxy) is 1. The fourth-order valence-corrected chi connectivity index (χ4v) is 1.66. The highest BCUT2D eigenvalue weighted by Crippen LogP contribution is 2.36. The number of carbonyl (C=O) groups is 1. The van der Waals surface area contributed by atoms with Crippen LogP contribution in [-0.4, -0.2) is 22.6 Å². The Hall–Kier alpha value is -1.27. The Kier molecular flexibility index (Phi) is 4.36. The van der Waals surface area contributed by atoms with Crippen LogP contribution in [0.1, 0.15) is 47.0 Å². The second-order valence-corrected chi connectivity index (χ2v) is 4.57. The lowest BCUT2D eigenvalue weighted by molar-refractivity contribution is -0.134. The Bertz CT molecular complexity index is 395. The number of carbonyl (C=O) groups excluding carboxylic acids is 1. The molecule has 0 aliphatic heterocycles. The van der Waals surface area contributed by atoms with E-state index in [1.54, 1.807) is 6.92 Å². The van der Waals surface area contributed by atoms with Gasteiger partial charge in [-0.3, -0.25) is 4.79 Å². The monoisotopic (exact) mass is 236 g/mol. The zero-order valence-corrected chi connectivity index (χ0v) is 11.0. The maximum Gasteiger partial charge on any atom is 0.247 e. The highest BCUT2D eigenvalue weighted by Gasteiger charge is 2.52. The van der Waals surface area contributed by atoms with Gasteiger partial charge in [0, 0.05) is 12.0 Å². The number of hydrogen-bond acceptors (Lipinski definition) is 3. The minimum Gasteiger partial charge on any atom is -0.490 e. The fraction of sp³-hybridized carbons (Fsp3) is 0.643. The van der Waals surface area contributed by atoms with Gasteiger partial charge in [-0.2, -0.15) is 0 Å². The Balaban J connectivity index is 2.81. The lowest BCUT2D eigenvalue weighted by atomic mass is 9.79. The van der Waals surface area contributed by atoms with Gasteiger partial charge in [-0.15, -0.1) is 0 Å². The summed E-state index contributed by atoms with van der Waals surface area (Å²) in [6.07, 6.45) is 2.64. The average molecular weight is 236 g/mol. The molecule has 94 valence electrons. The molecule has 3 nitrogen and oxygen atoms in total. The van der Waals surface area contributed by atoms with E-state index in [2.05, 4.69) is 18.8 Å². The molecule has 0 radical (unpaired) electrons. The van der Waals surface area contributed by atoms with Crippen molar-refractivity contribution >= 4 is 5.78 Å². The van der Waals surface area contributed by atoms with Crippen LogP contribution in [0.15, 0.2) is 11.3 Å². The first kappa shape index (κ1) is 13.8. The molecule has 1 rings (SSSR count). The highest BCUT2D eigenvalue weighted by molar-refractivity contribution is 6.13. The molecule has 0 spiro atoms. The summed E-state index contributed by atoms with van der Waals surface area (Å²) in [6.45, 7) is 7.44. The molecule has 1 aliphatic carbocycles. The van der Waals surface area contributed by atoms with Crippen LogP contribution in [0.2, 0.25) is 0 Å². The summed E-state index contributed by atoms with van der Waals surface area (Å²) in [7, 11) is 0. The summed E-state index contributed by atoms with van der Waals surface area (Å²) in [5, 5.41) is 10.2. The molecule has 0 aromatic carbocycles. The number of ketones is 1. The topological polar surface area (TPSA) is 46.5 Å². The van der Waals surface area contributed by atoms with E-state index in [1.807, 2.05) is 13.8 Å². The Morgan fingerprint density at radius 3 is 2.65 bits per heavy atom. The lowest BCUT2D eigenvalue weighted by Gasteiger charge is -2.35. The summed E-state index contributed by atoms with van der Waals surface area (Å²) < 4.78 is 5.45. The summed E-state index contributed by atoms with van der Waals surface area (Å²) in [5.41, 5.74) is -1.21. The maximum absolute atomic E-state index is 11.6. The van der Waals surface area contributed by atoms with E-state index in [-0.39, 0.29) is 11.9 Å². The quantitative estimate of drug-likeness (QED) is 0.601. The normalized spacial score (nSPS) is 23.3. The predicted octanol–water partition coefficient (Wildman–Crippen LogP) is 2.19. The standard InChI is InChI=1S/C14H20O3/c1-5-6-7-8-9-14(16)12(15)11(4)13(14)17-10(2)3/h10,16H,5-7H2,1-4H3. The third-order valence-electron chi connectivity index (χ3n) is 2.62. The second kappa shape index (κ2) is 5.37. The molecule has 3 heteroatoms. The van der Waals surface area contributed by atoms with Crippen molar-refractivity contribution in [3.63, 3.8) is 0 Å². The molecule has 0 aromatic rings. The van der Waals surface area contributed by atoms with Crippen molar-refractivity contribution in [2.45, 2.75) is 58.7 Å². The molecule has 0 saturated carbocycles. The van der Waals surface area contributed by atoms with Gasteiger partial charge in [-0.05, 0) is 27.2 Å². The smallest absolute Gasteiger partial charge is 0.247 e. The third kappa shape index (κ3) is 2.70. The highest BCUT2D eigenvalue weighted by atomic mass is 16.5. The molecule has 0 heterocycles. The first-order valence-corrected chi connectivity index (χ1v) is 6.08. The molecule has 1 atom stereocenters. The molecule has 1 N–H and O–H groups in total. The molecule has 0 aromatic heterocycles. The van der Waals surface area contributed by atoms with Crippen LogP contribution in [0.5, 0.6) is 0 Å². The van der Waals surface area contributed by atoms with Crippen LogP contribution < -0.4 is 0 Å². The van der Waals surface area contributed by atoms with Crippen LogP contribution in [0.3, 0.4) is 0 Å². The van der Waals surface area contributed by atoms with E-state index >= 15 is 0 Å². The molecule has 0 amide bonds. The molecule has 1 unspecified atom stereocenters. The zero-order valence-electron chi connectivity index (χ0n) is 11.0. The summed E-state index contributed by atoms with van der Waals surface area (Å²) in [4.78, 5) is 11.6. The van der Waals surface area contributed by atoms with E-state index < -0.39 is 5.60 Å². The van der Waals surface area contributed by atoms with Crippen molar-refractivity contribution in [3.8, 4) is 11.8 Å². The van der Waals surface area contributed by atoms with Gasteiger partial charge in [0.1, 0.15) is 0 Å². The molecule has 1 aliphatic rings. The number of Topliss-reactive ketones (excluding diaryl/α,β-unsaturated/α-hetero) is 1. The lowest BCUT2D eigenvalue weighted by Crippen LogP contribution is -2.50. The fourth-order valence-electron chi connectivity index (χ4n) is 1.66. The minimum absolute atomic E-state index is 0.0722. The van der Waals surface area contributed by atoms with Crippen molar-refractivity contribution in [3.05, 3.63) is 11.3 Å². The number of unbranched alkanes of at least 4 members (excludes halogenated alkanes) is 2. The van der Waals surface area contributed by atoms with Gasteiger partial charge in [-0.25, -0.2) is 0 Å². The van der Waals surface area contributed by atoms with Crippen LogP contribution in [-0.2, 0) is 9.53 Å². The van der Waals surface area contributed by atoms with E-state index in [0.29, 0.717) is 17.8 Å². The molecule has 0 bridgehead atoms. The Morgan fingerprint density at radius 1 is 1.47 bits per heavy atom. The van der Waals surface area contributed by atoms with Crippen molar-refractivity contribution in [1.82, 2.24) is 0 Å². The van der Waals surface area contributed by atoms with E-state index in [4.69, 9.17) is 4.74 Å². The first-order valence-electron chi connectivity index (χ1n) is 6.08. The van der Waals surface area contributed by atoms with Gasteiger partial charge in [-0.1, -0.05) is 25.2 Å². The number of aliphatic hydroxyl groups is 1. The summed E-state index contributed by atoms with van der Waals surface area (Å²) in [5.74, 6) is 5.47. The predicted molar refractivity (Wildman–Crippen MR) is 66.2 cm³/mol. The van der Waals surface area contributed by atoms with Crippen LogP contribution in [0.25, 0.3) is 0 Å². The second-order valence-electron chi connectivity index (χ2n) is 4.57. The zero-order chi connectivity index (χ0) is 13.1. The van der Waals surface area contributed by atoms with Gasteiger partial charge in [0.2, 0.25) is 11.4 Å². The van der Waals surface area contributed by atoms with Crippen molar-refractivity contribution in [2.24, 2.45) is 0 Å². The minimum atomic E-state index is -1.69. The van der Waals surface area contributed by atoms with Gasteiger partial charge >= 0.3 is 0 Å². The van der Waals surface area contributed by atoms with E-state index in [0.717, 1.165) is 12.8 Å². The molecule has 0 saturated heterocycles. The van der Waals surface area contributed by atoms with Crippen LogP contribution >= 0.6 is 0 Å². The molecular weight excluding hydrogens is 216 g/mol. The number of rotatable bonds is 4. The average Bonchev–Trinajstić information content (AvgIpc) is 2.30.